The smallest absolute Gasteiger partial charge is 0.223 e. The summed E-state index contributed by atoms with van der Waals surface area (Å²) in [5.74, 6) is 2.94. The fraction of sp³-hybridized carbons (Fsp3) is 0.519. The lowest BCUT2D eigenvalue weighted by Crippen LogP contribution is -2.37. The van der Waals surface area contributed by atoms with Crippen LogP contribution in [0.4, 0.5) is 5.82 Å². The van der Waals surface area contributed by atoms with Gasteiger partial charge in [-0.25, -0.2) is 25.1 Å². The normalized spacial score (nSPS) is 23.7. The second kappa shape index (κ2) is 10.9. The van der Waals surface area contributed by atoms with Crippen LogP contribution in [0.25, 0.3) is 5.82 Å². The van der Waals surface area contributed by atoms with Crippen molar-refractivity contribution in [1.29, 1.82) is 0 Å². The first-order valence-electron chi connectivity index (χ1n) is 13.2. The lowest BCUT2D eigenvalue weighted by atomic mass is 9.81. The summed E-state index contributed by atoms with van der Waals surface area (Å²) in [6.07, 6.45) is 6.47. The highest BCUT2D eigenvalue weighted by atomic mass is 16.1. The minimum Gasteiger partial charge on any atom is -0.353 e. The predicted octanol–water partition coefficient (Wildman–Crippen LogP) is 3.20. The van der Waals surface area contributed by atoms with Crippen LogP contribution in [-0.2, 0) is 11.3 Å². The number of nitrogens with one attached hydrogen (secondary N) is 4. The van der Waals surface area contributed by atoms with Crippen LogP contribution in [0.5, 0.6) is 0 Å². The Kier molecular flexibility index (Phi) is 7.48. The van der Waals surface area contributed by atoms with Crippen LogP contribution in [0.1, 0.15) is 73.4 Å². The van der Waals surface area contributed by atoms with E-state index < -0.39 is 0 Å². The van der Waals surface area contributed by atoms with Gasteiger partial charge in [-0.3, -0.25) is 10.2 Å². The van der Waals surface area contributed by atoms with Crippen molar-refractivity contribution in [2.45, 2.75) is 84.5 Å². The molecule has 0 spiro atoms. The molecule has 1 amide bonds. The predicted molar refractivity (Wildman–Crippen MR) is 142 cm³/mol. The minimum absolute atomic E-state index is 0.0239. The lowest BCUT2D eigenvalue weighted by Gasteiger charge is -2.27. The molecule has 3 aromatic heterocycles. The molecule has 4 N–H and O–H groups in total. The van der Waals surface area contributed by atoms with E-state index in [4.69, 9.17) is 9.97 Å². The molecule has 0 radical (unpaired) electrons. The van der Waals surface area contributed by atoms with Gasteiger partial charge < -0.3 is 10.6 Å². The number of pyridine rings is 1. The molecule has 3 aromatic rings. The summed E-state index contributed by atoms with van der Waals surface area (Å²) < 4.78 is 1.83. The number of rotatable bonds is 7. The van der Waals surface area contributed by atoms with Crippen molar-refractivity contribution in [3.05, 3.63) is 58.9 Å². The number of aryl methyl sites for hydroxylation is 3. The highest BCUT2D eigenvalue weighted by Gasteiger charge is 2.29. The molecule has 0 aromatic carbocycles. The van der Waals surface area contributed by atoms with Gasteiger partial charge in [0.15, 0.2) is 5.82 Å². The Balaban J connectivity index is 1.12. The molecule has 4 heterocycles. The average Bonchev–Trinajstić information content (AvgIpc) is 3.45. The molecular formula is C27H37N9O. The zero-order valence-corrected chi connectivity index (χ0v) is 22.1. The number of aromatic nitrogens is 5. The van der Waals surface area contributed by atoms with Crippen molar-refractivity contribution >= 4 is 11.7 Å². The Bertz CT molecular complexity index is 1230. The number of carbonyl (C=O) groups is 1. The maximum Gasteiger partial charge on any atom is 0.223 e. The van der Waals surface area contributed by atoms with Gasteiger partial charge in [0.1, 0.15) is 11.6 Å². The molecule has 1 aliphatic heterocycles. The summed E-state index contributed by atoms with van der Waals surface area (Å²) in [6.45, 7) is 8.61. The van der Waals surface area contributed by atoms with Gasteiger partial charge in [0, 0.05) is 48.1 Å². The molecule has 37 heavy (non-hydrogen) atoms. The van der Waals surface area contributed by atoms with Crippen molar-refractivity contribution in [2.24, 2.45) is 5.92 Å². The van der Waals surface area contributed by atoms with E-state index in [1.165, 1.54) is 0 Å². The van der Waals surface area contributed by atoms with Crippen LogP contribution in [-0.4, -0.2) is 42.8 Å². The van der Waals surface area contributed by atoms with Crippen molar-refractivity contribution in [3.63, 3.8) is 0 Å². The molecule has 0 bridgehead atoms. The van der Waals surface area contributed by atoms with Gasteiger partial charge in [-0.1, -0.05) is 6.07 Å². The molecule has 2 unspecified atom stereocenters. The van der Waals surface area contributed by atoms with Crippen molar-refractivity contribution in [3.8, 4) is 5.82 Å². The largest absolute Gasteiger partial charge is 0.353 e. The van der Waals surface area contributed by atoms with E-state index in [1.54, 1.807) is 0 Å². The Morgan fingerprint density at radius 1 is 1.05 bits per heavy atom. The van der Waals surface area contributed by atoms with E-state index in [2.05, 4.69) is 38.5 Å². The first kappa shape index (κ1) is 25.3. The van der Waals surface area contributed by atoms with E-state index in [0.29, 0.717) is 12.6 Å². The van der Waals surface area contributed by atoms with Crippen LogP contribution < -0.4 is 21.5 Å². The molecule has 2 aliphatic rings. The summed E-state index contributed by atoms with van der Waals surface area (Å²) in [4.78, 5) is 27.0. The molecule has 1 saturated carbocycles. The van der Waals surface area contributed by atoms with E-state index >= 15 is 0 Å². The molecular weight excluding hydrogens is 466 g/mol. The maximum absolute atomic E-state index is 12.9. The minimum atomic E-state index is 0.0239. The van der Waals surface area contributed by atoms with Crippen molar-refractivity contribution in [2.75, 3.05) is 5.32 Å². The highest BCUT2D eigenvalue weighted by molar-refractivity contribution is 5.78. The second-order valence-electron chi connectivity index (χ2n) is 10.5. The van der Waals surface area contributed by atoms with E-state index in [1.807, 2.05) is 55.9 Å². The molecule has 10 nitrogen and oxygen atoms in total. The standard InChI is InChI=1S/C27H37N9O/c1-16-12-23(31-24-13-17(2)33-34-24)32-26(30-16)21-6-8-22(9-7-21)27(37)29-15-20-5-10-25(28-14-20)36-19(4)11-18(3)35-36/h5,10-12,14,17,21-22,24,33-34H,6-9,13,15H2,1-4H3,(H,29,37)(H,30,31,32). The molecule has 1 aliphatic carbocycles. The fourth-order valence-corrected chi connectivity index (χ4v) is 5.29. The first-order valence-corrected chi connectivity index (χ1v) is 13.2. The van der Waals surface area contributed by atoms with E-state index in [-0.39, 0.29) is 23.9 Å². The molecule has 10 heteroatoms. The van der Waals surface area contributed by atoms with Crippen molar-refractivity contribution in [1.82, 2.24) is 40.9 Å². The van der Waals surface area contributed by atoms with Crippen LogP contribution >= 0.6 is 0 Å². The zero-order chi connectivity index (χ0) is 25.9. The molecule has 5 rings (SSSR count). The Hall–Kier alpha value is -3.37. The van der Waals surface area contributed by atoms with Gasteiger partial charge in [0.05, 0.1) is 11.9 Å². The summed E-state index contributed by atoms with van der Waals surface area (Å²) in [5, 5.41) is 11.0. The number of amides is 1. The monoisotopic (exact) mass is 503 g/mol. The van der Waals surface area contributed by atoms with Gasteiger partial charge in [-0.2, -0.15) is 5.10 Å². The van der Waals surface area contributed by atoms with Crippen LogP contribution in [0.2, 0.25) is 0 Å². The maximum atomic E-state index is 12.9. The average molecular weight is 504 g/mol. The molecule has 2 atom stereocenters. The quantitative estimate of drug-likeness (QED) is 0.388. The second-order valence-corrected chi connectivity index (χ2v) is 10.5. The Morgan fingerprint density at radius 3 is 2.51 bits per heavy atom. The van der Waals surface area contributed by atoms with E-state index in [9.17, 15) is 4.79 Å². The third-order valence-electron chi connectivity index (χ3n) is 7.25. The SMILES string of the molecule is Cc1cc(NC2CC(C)NN2)nc(C2CCC(C(=O)NCc3ccc(-n4nc(C)cc4C)nc3)CC2)n1. The molecule has 196 valence electrons. The third-order valence-corrected chi connectivity index (χ3v) is 7.25. The van der Waals surface area contributed by atoms with Gasteiger partial charge in [0.2, 0.25) is 5.91 Å². The Labute approximate surface area is 218 Å². The van der Waals surface area contributed by atoms with Gasteiger partial charge in [-0.05, 0) is 77.5 Å². The fourth-order valence-electron chi connectivity index (χ4n) is 5.29. The Morgan fingerprint density at radius 2 is 1.86 bits per heavy atom. The number of anilines is 1. The molecule has 1 saturated heterocycles. The number of nitrogens with zero attached hydrogens (tertiary/aromatic N) is 5. The summed E-state index contributed by atoms with van der Waals surface area (Å²) in [6, 6.07) is 8.38. The topological polar surface area (TPSA) is 122 Å². The first-order chi connectivity index (χ1) is 17.8. The number of hydrogen-bond acceptors (Lipinski definition) is 8. The lowest BCUT2D eigenvalue weighted by molar-refractivity contribution is -0.126. The van der Waals surface area contributed by atoms with Crippen molar-refractivity contribution < 1.29 is 4.79 Å². The van der Waals surface area contributed by atoms with Crippen LogP contribution in [0.3, 0.4) is 0 Å². The zero-order valence-electron chi connectivity index (χ0n) is 22.1. The van der Waals surface area contributed by atoms with Crippen LogP contribution in [0.15, 0.2) is 30.5 Å². The number of hydrogen-bond donors (Lipinski definition) is 4. The van der Waals surface area contributed by atoms with Gasteiger partial charge in [0.25, 0.3) is 0 Å². The highest BCUT2D eigenvalue weighted by Crippen LogP contribution is 2.35. The number of carbonyl (C=O) groups excluding carboxylic acids is 1. The summed E-state index contributed by atoms with van der Waals surface area (Å²) in [7, 11) is 0. The summed E-state index contributed by atoms with van der Waals surface area (Å²) >= 11 is 0. The van der Waals surface area contributed by atoms with Gasteiger partial charge in [-0.15, -0.1) is 0 Å². The van der Waals surface area contributed by atoms with E-state index in [0.717, 1.165) is 72.2 Å². The number of hydrazine groups is 1. The van der Waals surface area contributed by atoms with Gasteiger partial charge >= 0.3 is 0 Å². The summed E-state index contributed by atoms with van der Waals surface area (Å²) in [5.41, 5.74) is 10.4. The molecule has 2 fully saturated rings. The third kappa shape index (κ3) is 6.14. The van der Waals surface area contributed by atoms with Crippen LogP contribution in [0, 0.1) is 26.7 Å².